The second kappa shape index (κ2) is 7.94. The number of aromatic nitrogens is 2. The average Bonchev–Trinajstić information content (AvgIpc) is 2.93. The van der Waals surface area contributed by atoms with Crippen LogP contribution in [0.15, 0.2) is 4.42 Å². The van der Waals surface area contributed by atoms with Crippen molar-refractivity contribution >= 4 is 11.9 Å². The van der Waals surface area contributed by atoms with Crippen molar-refractivity contribution < 1.29 is 13.9 Å². The van der Waals surface area contributed by atoms with Gasteiger partial charge < -0.3 is 25.1 Å². The van der Waals surface area contributed by atoms with E-state index >= 15 is 0 Å². The number of hydrogen-bond donors (Lipinski definition) is 2. The van der Waals surface area contributed by atoms with Gasteiger partial charge in [-0.15, -0.1) is 5.10 Å². The lowest BCUT2D eigenvalue weighted by Crippen LogP contribution is -2.35. The second-order valence-electron chi connectivity index (χ2n) is 5.25. The second-order valence-corrected chi connectivity index (χ2v) is 5.25. The van der Waals surface area contributed by atoms with Gasteiger partial charge >= 0.3 is 6.01 Å². The first-order valence-electron chi connectivity index (χ1n) is 7.24. The molecule has 1 aliphatic heterocycles. The fourth-order valence-electron chi connectivity index (χ4n) is 2.43. The van der Waals surface area contributed by atoms with Crippen molar-refractivity contribution in [2.45, 2.75) is 25.8 Å². The summed E-state index contributed by atoms with van der Waals surface area (Å²) in [5.41, 5.74) is 5.23. The summed E-state index contributed by atoms with van der Waals surface area (Å²) in [6.07, 6.45) is 2.31. The van der Waals surface area contributed by atoms with Gasteiger partial charge in [-0.2, -0.15) is 0 Å². The molecule has 0 aliphatic carbocycles. The fourth-order valence-corrected chi connectivity index (χ4v) is 2.43. The van der Waals surface area contributed by atoms with Gasteiger partial charge in [-0.1, -0.05) is 5.10 Å². The number of carbonyl (C=O) groups excluding carboxylic acids is 1. The van der Waals surface area contributed by atoms with Gasteiger partial charge in [0.15, 0.2) is 0 Å². The maximum absolute atomic E-state index is 10.9. The summed E-state index contributed by atoms with van der Waals surface area (Å²) in [6, 6.07) is 0.552. The van der Waals surface area contributed by atoms with E-state index in [-0.39, 0.29) is 5.91 Å². The number of methoxy groups -OCH3 is 1. The first-order chi connectivity index (χ1) is 10.2. The van der Waals surface area contributed by atoms with E-state index in [1.54, 1.807) is 7.11 Å². The molecule has 8 heteroatoms. The molecule has 0 aromatic carbocycles. The minimum Gasteiger partial charge on any atom is -0.407 e. The van der Waals surface area contributed by atoms with Crippen LogP contribution in [0.25, 0.3) is 0 Å². The molecule has 0 unspecified atom stereocenters. The highest BCUT2D eigenvalue weighted by atomic mass is 16.5. The third-order valence-electron chi connectivity index (χ3n) is 3.59. The molecule has 0 spiro atoms. The lowest BCUT2D eigenvalue weighted by atomic mass is 9.93. The van der Waals surface area contributed by atoms with Gasteiger partial charge in [0.05, 0.1) is 13.2 Å². The Morgan fingerprint density at radius 3 is 2.90 bits per heavy atom. The number of amides is 1. The van der Waals surface area contributed by atoms with Gasteiger partial charge in [-0.05, 0) is 18.8 Å². The standard InChI is InChI=1S/C13H23N5O3/c1-20-7-4-15-9-12-16-17-13(21-12)18-5-2-10(3-6-18)8-11(14)19/h10,15H,2-9H2,1H3,(H2,14,19). The van der Waals surface area contributed by atoms with Crippen LogP contribution in [0.3, 0.4) is 0 Å². The van der Waals surface area contributed by atoms with E-state index in [4.69, 9.17) is 14.9 Å². The van der Waals surface area contributed by atoms with Crippen LogP contribution in [-0.4, -0.2) is 49.5 Å². The molecule has 1 aromatic rings. The van der Waals surface area contributed by atoms with Crippen molar-refractivity contribution in [2.75, 3.05) is 38.3 Å². The molecule has 1 saturated heterocycles. The third-order valence-corrected chi connectivity index (χ3v) is 3.59. The summed E-state index contributed by atoms with van der Waals surface area (Å²) in [4.78, 5) is 13.0. The molecule has 1 aromatic heterocycles. The molecule has 2 heterocycles. The SMILES string of the molecule is COCCNCc1nnc(N2CCC(CC(N)=O)CC2)o1. The van der Waals surface area contributed by atoms with Gasteiger partial charge in [0.25, 0.3) is 0 Å². The Hall–Kier alpha value is -1.67. The quantitative estimate of drug-likeness (QED) is 0.645. The molecule has 1 aliphatic rings. The summed E-state index contributed by atoms with van der Waals surface area (Å²) in [5, 5.41) is 11.2. The van der Waals surface area contributed by atoms with E-state index in [1.807, 2.05) is 0 Å². The van der Waals surface area contributed by atoms with Crippen molar-refractivity contribution in [3.63, 3.8) is 0 Å². The van der Waals surface area contributed by atoms with E-state index in [0.29, 0.717) is 37.4 Å². The molecule has 1 amide bonds. The van der Waals surface area contributed by atoms with Gasteiger partial charge in [0.1, 0.15) is 0 Å². The van der Waals surface area contributed by atoms with E-state index in [0.717, 1.165) is 32.5 Å². The summed E-state index contributed by atoms with van der Waals surface area (Å²) >= 11 is 0. The van der Waals surface area contributed by atoms with Gasteiger partial charge in [-0.25, -0.2) is 0 Å². The smallest absolute Gasteiger partial charge is 0.318 e. The Morgan fingerprint density at radius 1 is 1.48 bits per heavy atom. The van der Waals surface area contributed by atoms with Gasteiger partial charge in [0.2, 0.25) is 11.8 Å². The summed E-state index contributed by atoms with van der Waals surface area (Å²) in [7, 11) is 1.66. The Morgan fingerprint density at radius 2 is 2.24 bits per heavy atom. The van der Waals surface area contributed by atoms with Crippen LogP contribution in [0, 0.1) is 5.92 Å². The van der Waals surface area contributed by atoms with Crippen molar-refractivity contribution in [1.82, 2.24) is 15.5 Å². The van der Waals surface area contributed by atoms with Crippen molar-refractivity contribution in [3.8, 4) is 0 Å². The summed E-state index contributed by atoms with van der Waals surface area (Å²) in [5.74, 6) is 0.716. The minimum absolute atomic E-state index is 0.226. The molecule has 3 N–H and O–H groups in total. The predicted molar refractivity (Wildman–Crippen MR) is 76.6 cm³/mol. The normalized spacial score (nSPS) is 16.3. The molecule has 0 atom stereocenters. The lowest BCUT2D eigenvalue weighted by Gasteiger charge is -2.29. The number of rotatable bonds is 8. The highest BCUT2D eigenvalue weighted by Gasteiger charge is 2.23. The molecule has 0 bridgehead atoms. The topological polar surface area (TPSA) is 107 Å². The molecule has 0 radical (unpaired) electrons. The number of nitrogens with one attached hydrogen (secondary N) is 1. The van der Waals surface area contributed by atoms with Crippen LogP contribution < -0.4 is 16.0 Å². The van der Waals surface area contributed by atoms with E-state index in [1.165, 1.54) is 0 Å². The first kappa shape index (κ1) is 15.7. The van der Waals surface area contributed by atoms with Crippen LogP contribution in [0.5, 0.6) is 0 Å². The number of anilines is 1. The Labute approximate surface area is 124 Å². The summed E-state index contributed by atoms with van der Waals surface area (Å²) in [6.45, 7) is 3.56. The molecular weight excluding hydrogens is 274 g/mol. The summed E-state index contributed by atoms with van der Waals surface area (Å²) < 4.78 is 10.6. The molecule has 0 saturated carbocycles. The third kappa shape index (κ3) is 4.98. The molecule has 21 heavy (non-hydrogen) atoms. The highest BCUT2D eigenvalue weighted by Crippen LogP contribution is 2.24. The molecule has 118 valence electrons. The van der Waals surface area contributed by atoms with Crippen molar-refractivity contribution in [3.05, 3.63) is 5.89 Å². The van der Waals surface area contributed by atoms with E-state index in [2.05, 4.69) is 20.4 Å². The van der Waals surface area contributed by atoms with Crippen LogP contribution in [0.2, 0.25) is 0 Å². The molecule has 1 fully saturated rings. The zero-order chi connectivity index (χ0) is 15.1. The Balaban J connectivity index is 1.76. The van der Waals surface area contributed by atoms with Crippen LogP contribution in [0.1, 0.15) is 25.2 Å². The number of hydrogen-bond acceptors (Lipinski definition) is 7. The minimum atomic E-state index is -0.226. The number of nitrogens with zero attached hydrogens (tertiary/aromatic N) is 3. The van der Waals surface area contributed by atoms with E-state index < -0.39 is 0 Å². The fraction of sp³-hybridized carbons (Fsp3) is 0.769. The maximum atomic E-state index is 10.9. The molecule has 8 nitrogen and oxygen atoms in total. The number of piperidine rings is 1. The molecule has 2 rings (SSSR count). The number of ether oxygens (including phenoxy) is 1. The van der Waals surface area contributed by atoms with E-state index in [9.17, 15) is 4.79 Å². The van der Waals surface area contributed by atoms with Crippen LogP contribution >= 0.6 is 0 Å². The first-order valence-corrected chi connectivity index (χ1v) is 7.24. The molecular formula is C13H23N5O3. The number of carbonyl (C=O) groups is 1. The van der Waals surface area contributed by atoms with Crippen LogP contribution in [-0.2, 0) is 16.1 Å². The van der Waals surface area contributed by atoms with Crippen molar-refractivity contribution in [2.24, 2.45) is 11.7 Å². The average molecular weight is 297 g/mol. The lowest BCUT2D eigenvalue weighted by molar-refractivity contribution is -0.119. The number of primary amides is 1. The Kier molecular flexibility index (Phi) is 5.94. The van der Waals surface area contributed by atoms with Crippen LogP contribution in [0.4, 0.5) is 6.01 Å². The highest BCUT2D eigenvalue weighted by molar-refractivity contribution is 5.74. The number of nitrogens with two attached hydrogens (primary N) is 1. The van der Waals surface area contributed by atoms with Gasteiger partial charge in [-0.3, -0.25) is 4.79 Å². The van der Waals surface area contributed by atoms with Gasteiger partial charge in [0, 0.05) is 33.2 Å². The maximum Gasteiger partial charge on any atom is 0.318 e. The Bertz CT molecular complexity index is 443. The monoisotopic (exact) mass is 297 g/mol. The zero-order valence-electron chi connectivity index (χ0n) is 12.4. The predicted octanol–water partition coefficient (Wildman–Crippen LogP) is -0.103. The zero-order valence-corrected chi connectivity index (χ0v) is 12.4. The largest absolute Gasteiger partial charge is 0.407 e. The van der Waals surface area contributed by atoms with Crippen molar-refractivity contribution in [1.29, 1.82) is 0 Å².